The quantitative estimate of drug-likeness (QED) is 0.195. The molecule has 1 fully saturated rings. The van der Waals surface area contributed by atoms with Crippen LogP contribution in [0.15, 0.2) is 66.9 Å². The maximum atomic E-state index is 12.6. The van der Waals surface area contributed by atoms with Gasteiger partial charge in [0.15, 0.2) is 0 Å². The number of hydrogen-bond donors (Lipinski definition) is 0. The summed E-state index contributed by atoms with van der Waals surface area (Å²) in [5.74, 6) is -0.226. The molecule has 0 bridgehead atoms. The summed E-state index contributed by atoms with van der Waals surface area (Å²) < 4.78 is 44.1. The molecule has 4 aromatic rings. The number of ether oxygens (including phenoxy) is 1. The molecule has 0 spiro atoms. The topological polar surface area (TPSA) is 20.6 Å². The van der Waals surface area contributed by atoms with E-state index in [2.05, 4.69) is 50.4 Å². The SMILES string of the molecule is CCCCc1cn(-c2ccc(OC(F)(F)F)cc2)c2cc(CN3CCN(Cc4c(Cl)cccc4Cl)CC3)ccc12. The van der Waals surface area contributed by atoms with Crippen molar-refractivity contribution in [3.8, 4) is 11.4 Å². The number of rotatable bonds is 9. The van der Waals surface area contributed by atoms with Crippen molar-refractivity contribution in [2.24, 2.45) is 0 Å². The van der Waals surface area contributed by atoms with Crippen LogP contribution in [0.25, 0.3) is 16.6 Å². The Balaban J connectivity index is 1.32. The number of aromatic nitrogens is 1. The lowest BCUT2D eigenvalue weighted by Crippen LogP contribution is -2.45. The summed E-state index contributed by atoms with van der Waals surface area (Å²) in [5, 5.41) is 2.58. The number of fused-ring (bicyclic) bond motifs is 1. The van der Waals surface area contributed by atoms with Crippen molar-refractivity contribution in [3.63, 3.8) is 0 Å². The second kappa shape index (κ2) is 12.4. The highest BCUT2D eigenvalue weighted by atomic mass is 35.5. The molecule has 1 aliphatic rings. The number of alkyl halides is 3. The Morgan fingerprint density at radius 1 is 0.850 bits per heavy atom. The van der Waals surface area contributed by atoms with Gasteiger partial charge in [-0.2, -0.15) is 0 Å². The lowest BCUT2D eigenvalue weighted by Gasteiger charge is -2.35. The van der Waals surface area contributed by atoms with Crippen LogP contribution in [-0.2, 0) is 19.5 Å². The molecule has 2 heterocycles. The number of halogens is 5. The summed E-state index contributed by atoms with van der Waals surface area (Å²) in [6.45, 7) is 7.44. The van der Waals surface area contributed by atoms with Gasteiger partial charge in [0.2, 0.25) is 0 Å². The Kier molecular flexibility index (Phi) is 8.95. The highest BCUT2D eigenvalue weighted by molar-refractivity contribution is 6.35. The Labute approximate surface area is 242 Å². The lowest BCUT2D eigenvalue weighted by atomic mass is 10.1. The smallest absolute Gasteiger partial charge is 0.406 e. The van der Waals surface area contributed by atoms with Crippen LogP contribution in [0.3, 0.4) is 0 Å². The number of unbranched alkanes of at least 4 members (excludes halogenated alkanes) is 1. The summed E-state index contributed by atoms with van der Waals surface area (Å²) in [6.07, 6.45) is 0.511. The van der Waals surface area contributed by atoms with E-state index < -0.39 is 6.36 Å². The number of benzene rings is 3. The Morgan fingerprint density at radius 3 is 2.12 bits per heavy atom. The molecular weight excluding hydrogens is 558 g/mol. The van der Waals surface area contributed by atoms with Crippen LogP contribution < -0.4 is 4.74 Å². The molecule has 0 aliphatic carbocycles. The fourth-order valence-electron chi connectivity index (χ4n) is 5.30. The van der Waals surface area contributed by atoms with Crippen LogP contribution in [0.4, 0.5) is 13.2 Å². The number of piperazine rings is 1. The average Bonchev–Trinajstić information content (AvgIpc) is 3.28. The second-order valence-corrected chi connectivity index (χ2v) is 11.1. The van der Waals surface area contributed by atoms with E-state index in [1.807, 2.05) is 18.2 Å². The lowest BCUT2D eigenvalue weighted by molar-refractivity contribution is -0.274. The van der Waals surface area contributed by atoms with E-state index in [9.17, 15) is 13.2 Å². The van der Waals surface area contributed by atoms with Crippen LogP contribution in [0.1, 0.15) is 36.5 Å². The number of aryl methyl sites for hydroxylation is 1. The molecule has 0 atom stereocenters. The molecular formula is C31H32Cl2F3N3O. The molecule has 3 aromatic carbocycles. The van der Waals surface area contributed by atoms with E-state index in [-0.39, 0.29) is 5.75 Å². The largest absolute Gasteiger partial charge is 0.573 e. The van der Waals surface area contributed by atoms with E-state index in [4.69, 9.17) is 23.2 Å². The first-order valence-corrected chi connectivity index (χ1v) is 14.3. The fourth-order valence-corrected chi connectivity index (χ4v) is 5.82. The average molecular weight is 591 g/mol. The zero-order valence-corrected chi connectivity index (χ0v) is 23.9. The molecule has 1 aromatic heterocycles. The molecule has 4 nitrogen and oxygen atoms in total. The molecule has 0 radical (unpaired) electrons. The molecule has 9 heteroatoms. The molecule has 212 valence electrons. The minimum Gasteiger partial charge on any atom is -0.406 e. The third-order valence-electron chi connectivity index (χ3n) is 7.42. The zero-order chi connectivity index (χ0) is 28.3. The van der Waals surface area contributed by atoms with Crippen molar-refractivity contribution in [2.45, 2.75) is 45.6 Å². The van der Waals surface area contributed by atoms with Gasteiger partial charge in [0.1, 0.15) is 5.75 Å². The van der Waals surface area contributed by atoms with Crippen molar-refractivity contribution >= 4 is 34.1 Å². The van der Waals surface area contributed by atoms with Gasteiger partial charge in [0.05, 0.1) is 5.52 Å². The van der Waals surface area contributed by atoms with Gasteiger partial charge in [-0.1, -0.05) is 54.7 Å². The first-order valence-electron chi connectivity index (χ1n) is 13.6. The molecule has 0 unspecified atom stereocenters. The van der Waals surface area contributed by atoms with Gasteiger partial charge >= 0.3 is 6.36 Å². The van der Waals surface area contributed by atoms with E-state index >= 15 is 0 Å². The van der Waals surface area contributed by atoms with E-state index in [1.54, 1.807) is 12.1 Å². The molecule has 40 heavy (non-hydrogen) atoms. The normalized spacial score (nSPS) is 15.2. The van der Waals surface area contributed by atoms with Gasteiger partial charge in [-0.15, -0.1) is 13.2 Å². The predicted molar refractivity (Wildman–Crippen MR) is 156 cm³/mol. The van der Waals surface area contributed by atoms with Gasteiger partial charge in [0, 0.05) is 72.1 Å². The van der Waals surface area contributed by atoms with Gasteiger partial charge in [-0.05, 0) is 66.4 Å². The van der Waals surface area contributed by atoms with E-state index in [0.29, 0.717) is 10.0 Å². The number of hydrogen-bond acceptors (Lipinski definition) is 3. The summed E-state index contributed by atoms with van der Waals surface area (Å²) in [6, 6.07) is 18.3. The van der Waals surface area contributed by atoms with Crippen molar-refractivity contribution < 1.29 is 17.9 Å². The Bertz CT molecular complexity index is 1420. The van der Waals surface area contributed by atoms with E-state index in [1.165, 1.54) is 28.6 Å². The predicted octanol–water partition coefficient (Wildman–Crippen LogP) is 8.50. The molecule has 1 saturated heterocycles. The minimum absolute atomic E-state index is 0.226. The highest BCUT2D eigenvalue weighted by Gasteiger charge is 2.31. The summed E-state index contributed by atoms with van der Waals surface area (Å²) in [7, 11) is 0. The third kappa shape index (κ3) is 6.95. The van der Waals surface area contributed by atoms with Crippen molar-refractivity contribution in [1.82, 2.24) is 14.4 Å². The van der Waals surface area contributed by atoms with Crippen molar-refractivity contribution in [2.75, 3.05) is 26.2 Å². The molecule has 0 saturated carbocycles. The third-order valence-corrected chi connectivity index (χ3v) is 8.12. The molecule has 0 amide bonds. The minimum atomic E-state index is -4.71. The highest BCUT2D eigenvalue weighted by Crippen LogP contribution is 2.30. The summed E-state index contributed by atoms with van der Waals surface area (Å²) in [5.41, 5.74) is 5.27. The maximum Gasteiger partial charge on any atom is 0.573 e. The standard InChI is InChI=1S/C31H32Cl2F3N3O/c1-2-3-5-23-20-39(24-9-11-25(12-10-24)40-31(34,35)36)30-18-22(8-13-26(23)30)19-37-14-16-38(17-15-37)21-27-28(32)6-4-7-29(27)33/h4,6-13,18,20H,2-3,5,14-17,19,21H2,1H3. The zero-order valence-electron chi connectivity index (χ0n) is 22.4. The number of nitrogens with zero attached hydrogens (tertiary/aromatic N) is 3. The summed E-state index contributed by atoms with van der Waals surface area (Å²) in [4.78, 5) is 4.82. The maximum absolute atomic E-state index is 12.6. The Morgan fingerprint density at radius 2 is 1.50 bits per heavy atom. The van der Waals surface area contributed by atoms with Crippen LogP contribution >= 0.6 is 23.2 Å². The molecule has 0 N–H and O–H groups in total. The van der Waals surface area contributed by atoms with Gasteiger partial charge in [0.25, 0.3) is 0 Å². The van der Waals surface area contributed by atoms with Gasteiger partial charge in [-0.25, -0.2) is 0 Å². The van der Waals surface area contributed by atoms with Crippen LogP contribution in [0.5, 0.6) is 5.75 Å². The van der Waals surface area contributed by atoms with Gasteiger partial charge in [-0.3, -0.25) is 9.80 Å². The first-order chi connectivity index (χ1) is 19.2. The van der Waals surface area contributed by atoms with Crippen molar-refractivity contribution in [3.05, 3.63) is 93.6 Å². The van der Waals surface area contributed by atoms with Crippen LogP contribution in [-0.4, -0.2) is 46.9 Å². The van der Waals surface area contributed by atoms with Crippen molar-refractivity contribution in [1.29, 1.82) is 0 Å². The second-order valence-electron chi connectivity index (χ2n) is 10.3. The van der Waals surface area contributed by atoms with Crippen LogP contribution in [0, 0.1) is 0 Å². The molecule has 5 rings (SSSR count). The summed E-state index contributed by atoms with van der Waals surface area (Å²) >= 11 is 12.8. The fraction of sp³-hybridized carbons (Fsp3) is 0.355. The van der Waals surface area contributed by atoms with Crippen LogP contribution in [0.2, 0.25) is 10.0 Å². The van der Waals surface area contributed by atoms with E-state index in [0.717, 1.165) is 75.3 Å². The first kappa shape index (κ1) is 28.8. The Hall–Kier alpha value is -2.71. The van der Waals surface area contributed by atoms with Gasteiger partial charge < -0.3 is 9.30 Å². The molecule has 1 aliphatic heterocycles. The monoisotopic (exact) mass is 589 g/mol.